The zero-order chi connectivity index (χ0) is 21.1. The number of primary amides is 1. The molecule has 0 spiro atoms. The number of nitrogens with one attached hydrogen (secondary N) is 1. The van der Waals surface area contributed by atoms with Gasteiger partial charge in [0, 0.05) is 11.8 Å². The van der Waals surface area contributed by atoms with Gasteiger partial charge in [0.1, 0.15) is 16.4 Å². The van der Waals surface area contributed by atoms with Crippen molar-refractivity contribution < 1.29 is 18.9 Å². The van der Waals surface area contributed by atoms with Gasteiger partial charge in [-0.25, -0.2) is 4.39 Å². The van der Waals surface area contributed by atoms with Gasteiger partial charge in [0.05, 0.1) is 17.7 Å². The van der Waals surface area contributed by atoms with Crippen LogP contribution in [0.5, 0.6) is 0 Å². The Labute approximate surface area is 164 Å². The molecule has 0 atom stereocenters. The van der Waals surface area contributed by atoms with Crippen LogP contribution in [0.3, 0.4) is 0 Å². The number of nitrogens with two attached hydrogens (primary N) is 1. The van der Waals surface area contributed by atoms with E-state index in [0.29, 0.717) is 5.69 Å². The van der Waals surface area contributed by atoms with Crippen molar-refractivity contribution in [3.05, 3.63) is 78.4 Å². The van der Waals surface area contributed by atoms with E-state index in [4.69, 9.17) is 5.73 Å². The van der Waals surface area contributed by atoms with Gasteiger partial charge < -0.3 is 15.6 Å². The van der Waals surface area contributed by atoms with Crippen LogP contribution in [0.1, 0.15) is 25.2 Å². The molecule has 2 heterocycles. The van der Waals surface area contributed by atoms with E-state index in [-0.39, 0.29) is 16.6 Å². The first-order valence-corrected chi connectivity index (χ1v) is 8.64. The molecule has 148 valence electrons. The summed E-state index contributed by atoms with van der Waals surface area (Å²) in [5, 5.41) is 21.2. The van der Waals surface area contributed by atoms with E-state index in [1.165, 1.54) is 24.3 Å². The summed E-state index contributed by atoms with van der Waals surface area (Å²) in [4.78, 5) is 46.1. The fourth-order valence-corrected chi connectivity index (χ4v) is 3.02. The van der Waals surface area contributed by atoms with Crippen molar-refractivity contribution in [2.45, 2.75) is 6.54 Å². The van der Waals surface area contributed by atoms with E-state index < -0.39 is 39.4 Å². The Morgan fingerprint density at radius 1 is 1.28 bits per heavy atom. The molecule has 0 saturated heterocycles. The normalized spacial score (nSPS) is 10.5. The van der Waals surface area contributed by atoms with Gasteiger partial charge in [-0.15, -0.1) is 10.2 Å². The average molecular weight is 418 g/mol. The molecule has 0 unspecified atom stereocenters. The smallest absolute Gasteiger partial charge is 0.286 e. The number of rotatable bonds is 6. The SMILES string of the molecule is NC(=O)c1cc([N+](=O)[O-])cn(Cc2nnc(C(=O)Nc3ccc(F)cc3)s2)c1=O. The van der Waals surface area contributed by atoms with Crippen LogP contribution in [-0.2, 0) is 6.54 Å². The van der Waals surface area contributed by atoms with Gasteiger partial charge in [-0.2, -0.15) is 0 Å². The standard InChI is InChI=1S/C16H11FN6O5S/c17-8-1-3-9(4-2-8)19-14(25)15-21-20-12(29-15)7-22-6-10(23(27)28)5-11(13(18)24)16(22)26/h1-6H,7H2,(H2,18,24)(H,19,25). The molecule has 3 N–H and O–H groups in total. The monoisotopic (exact) mass is 418 g/mol. The largest absolute Gasteiger partial charge is 0.365 e. The third-order valence-electron chi connectivity index (χ3n) is 3.62. The van der Waals surface area contributed by atoms with Gasteiger partial charge in [0.2, 0.25) is 5.01 Å². The summed E-state index contributed by atoms with van der Waals surface area (Å²) in [7, 11) is 0. The van der Waals surface area contributed by atoms with Gasteiger partial charge in [-0.05, 0) is 24.3 Å². The summed E-state index contributed by atoms with van der Waals surface area (Å²) in [6.07, 6.45) is 0.939. The van der Waals surface area contributed by atoms with E-state index in [1.54, 1.807) is 0 Å². The first kappa shape index (κ1) is 19.8. The number of nitro groups is 1. The number of anilines is 1. The van der Waals surface area contributed by atoms with E-state index in [9.17, 15) is 28.9 Å². The number of amides is 2. The first-order valence-electron chi connectivity index (χ1n) is 7.82. The van der Waals surface area contributed by atoms with Crippen LogP contribution in [0.2, 0.25) is 0 Å². The van der Waals surface area contributed by atoms with Gasteiger partial charge in [0.25, 0.3) is 23.1 Å². The molecule has 11 nitrogen and oxygen atoms in total. The maximum atomic E-state index is 12.9. The Hall–Kier alpha value is -4.00. The minimum absolute atomic E-state index is 0.0436. The zero-order valence-corrected chi connectivity index (χ0v) is 15.2. The van der Waals surface area contributed by atoms with Crippen molar-refractivity contribution in [3.63, 3.8) is 0 Å². The minimum atomic E-state index is -1.11. The topological polar surface area (TPSA) is 163 Å². The Bertz CT molecular complexity index is 1170. The number of hydrogen-bond donors (Lipinski definition) is 2. The number of benzene rings is 1. The van der Waals surface area contributed by atoms with Crippen molar-refractivity contribution in [2.24, 2.45) is 5.73 Å². The maximum Gasteiger partial charge on any atom is 0.286 e. The lowest BCUT2D eigenvalue weighted by atomic mass is 10.2. The quantitative estimate of drug-likeness (QED) is 0.448. The molecular formula is C16H11FN6O5S. The van der Waals surface area contributed by atoms with Crippen LogP contribution < -0.4 is 16.6 Å². The molecule has 2 amide bonds. The van der Waals surface area contributed by atoms with Gasteiger partial charge in [-0.3, -0.25) is 24.5 Å². The van der Waals surface area contributed by atoms with E-state index in [1.807, 2.05) is 0 Å². The van der Waals surface area contributed by atoms with E-state index in [2.05, 4.69) is 15.5 Å². The Morgan fingerprint density at radius 2 is 1.97 bits per heavy atom. The zero-order valence-electron chi connectivity index (χ0n) is 14.4. The van der Waals surface area contributed by atoms with Crippen LogP contribution in [0, 0.1) is 15.9 Å². The highest BCUT2D eigenvalue weighted by atomic mass is 32.1. The molecule has 3 aromatic rings. The predicted molar refractivity (Wildman–Crippen MR) is 99.2 cm³/mol. The highest BCUT2D eigenvalue weighted by molar-refractivity contribution is 7.13. The average Bonchev–Trinajstić information content (AvgIpc) is 3.13. The summed E-state index contributed by atoms with van der Waals surface area (Å²) < 4.78 is 13.8. The fourth-order valence-electron chi connectivity index (χ4n) is 2.29. The maximum absolute atomic E-state index is 12.9. The molecule has 0 aliphatic carbocycles. The second kappa shape index (κ2) is 7.93. The van der Waals surface area contributed by atoms with Crippen molar-refractivity contribution >= 4 is 34.5 Å². The molecule has 0 saturated carbocycles. The number of halogens is 1. The molecule has 0 aliphatic rings. The second-order valence-corrected chi connectivity index (χ2v) is 6.69. The number of carbonyl (C=O) groups is 2. The van der Waals surface area contributed by atoms with Crippen molar-refractivity contribution in [3.8, 4) is 0 Å². The summed E-state index contributed by atoms with van der Waals surface area (Å²) in [5.41, 5.74) is 3.55. The van der Waals surface area contributed by atoms with Gasteiger partial charge >= 0.3 is 0 Å². The highest BCUT2D eigenvalue weighted by Crippen LogP contribution is 2.16. The predicted octanol–water partition coefficient (Wildman–Crippen LogP) is 1.15. The third kappa shape index (κ3) is 4.47. The summed E-state index contributed by atoms with van der Waals surface area (Å²) in [6, 6.07) is 5.87. The Balaban J connectivity index is 1.83. The molecule has 2 aromatic heterocycles. The molecule has 0 fully saturated rings. The van der Waals surface area contributed by atoms with Crippen molar-refractivity contribution in [2.75, 3.05) is 5.32 Å². The lowest BCUT2D eigenvalue weighted by Crippen LogP contribution is -2.30. The summed E-state index contributed by atoms with van der Waals surface area (Å²) >= 11 is 0.841. The van der Waals surface area contributed by atoms with Gasteiger partial charge in [0.15, 0.2) is 0 Å². The Kier molecular flexibility index (Phi) is 5.40. The van der Waals surface area contributed by atoms with Crippen molar-refractivity contribution in [1.82, 2.24) is 14.8 Å². The number of carbonyl (C=O) groups excluding carboxylic acids is 2. The van der Waals surface area contributed by atoms with E-state index >= 15 is 0 Å². The van der Waals surface area contributed by atoms with Crippen LogP contribution in [0.25, 0.3) is 0 Å². The molecule has 1 aromatic carbocycles. The molecule has 0 bridgehead atoms. The molecule has 3 rings (SSSR count). The molecule has 0 radical (unpaired) electrons. The Morgan fingerprint density at radius 3 is 2.59 bits per heavy atom. The highest BCUT2D eigenvalue weighted by Gasteiger charge is 2.19. The summed E-state index contributed by atoms with van der Waals surface area (Å²) in [6.45, 7) is -0.262. The first-order chi connectivity index (χ1) is 13.7. The van der Waals surface area contributed by atoms with Crippen LogP contribution >= 0.6 is 11.3 Å². The van der Waals surface area contributed by atoms with Gasteiger partial charge in [-0.1, -0.05) is 11.3 Å². The number of hydrogen-bond acceptors (Lipinski definition) is 8. The molecule has 0 aliphatic heterocycles. The van der Waals surface area contributed by atoms with Crippen LogP contribution in [0.4, 0.5) is 15.8 Å². The molecular weight excluding hydrogens is 407 g/mol. The lowest BCUT2D eigenvalue weighted by molar-refractivity contribution is -0.385. The molecule has 29 heavy (non-hydrogen) atoms. The lowest BCUT2D eigenvalue weighted by Gasteiger charge is -2.05. The van der Waals surface area contributed by atoms with E-state index in [0.717, 1.165) is 28.2 Å². The van der Waals surface area contributed by atoms with Crippen LogP contribution in [0.15, 0.2) is 41.3 Å². The number of aromatic nitrogens is 3. The second-order valence-electron chi connectivity index (χ2n) is 5.63. The molecule has 13 heteroatoms. The number of pyridine rings is 1. The van der Waals surface area contributed by atoms with Crippen molar-refractivity contribution in [1.29, 1.82) is 0 Å². The number of nitrogens with zero attached hydrogens (tertiary/aromatic N) is 4. The summed E-state index contributed by atoms with van der Waals surface area (Å²) in [5.74, 6) is -2.17. The third-order valence-corrected chi connectivity index (χ3v) is 4.52. The minimum Gasteiger partial charge on any atom is -0.365 e. The fraction of sp³-hybridized carbons (Fsp3) is 0.0625. The van der Waals surface area contributed by atoms with Crippen LogP contribution in [-0.4, -0.2) is 31.5 Å².